The lowest BCUT2D eigenvalue weighted by atomic mass is 10.1. The molecule has 0 radical (unpaired) electrons. The van der Waals surface area contributed by atoms with Gasteiger partial charge in [-0.2, -0.15) is 5.10 Å². The third-order valence-electron chi connectivity index (χ3n) is 5.93. The molecular weight excluding hydrogens is 443 g/mol. The third-order valence-corrected chi connectivity index (χ3v) is 7.24. The molecule has 0 fully saturated rings. The van der Waals surface area contributed by atoms with E-state index in [0.29, 0.717) is 11.3 Å². The summed E-state index contributed by atoms with van der Waals surface area (Å²) in [6.45, 7) is 0.187. The summed E-state index contributed by atoms with van der Waals surface area (Å²) < 4.78 is 41.5. The molecule has 0 bridgehead atoms. The minimum atomic E-state index is -3.44. The molecule has 174 valence electrons. The van der Waals surface area contributed by atoms with Crippen LogP contribution in [0.25, 0.3) is 5.69 Å². The minimum absolute atomic E-state index is 0.163. The van der Waals surface area contributed by atoms with Crippen LogP contribution in [0, 0.1) is 5.82 Å². The molecule has 2 N–H and O–H groups in total. The predicted octanol–water partition coefficient (Wildman–Crippen LogP) is 3.26. The van der Waals surface area contributed by atoms with Crippen LogP contribution in [-0.2, 0) is 35.2 Å². The SMILES string of the molecule is CNS(=O)(=O)Cc1ccccc1CNC(=O)c1nn(-c2ccc(F)cc2)c2c1CCCCC2. The van der Waals surface area contributed by atoms with Crippen LogP contribution in [-0.4, -0.2) is 31.2 Å². The fourth-order valence-corrected chi connectivity index (χ4v) is 5.00. The quantitative estimate of drug-likeness (QED) is 0.519. The molecule has 9 heteroatoms. The fourth-order valence-electron chi connectivity index (χ4n) is 4.16. The number of sulfonamides is 1. The lowest BCUT2D eigenvalue weighted by Gasteiger charge is -2.11. The van der Waals surface area contributed by atoms with Gasteiger partial charge in [-0.3, -0.25) is 4.79 Å². The summed E-state index contributed by atoms with van der Waals surface area (Å²) in [5, 5.41) is 7.53. The smallest absolute Gasteiger partial charge is 0.272 e. The monoisotopic (exact) mass is 470 g/mol. The van der Waals surface area contributed by atoms with Crippen molar-refractivity contribution < 1.29 is 17.6 Å². The number of hydrogen-bond donors (Lipinski definition) is 2. The molecule has 4 rings (SSSR count). The van der Waals surface area contributed by atoms with Crippen LogP contribution in [0.2, 0.25) is 0 Å². The molecule has 0 spiro atoms. The van der Waals surface area contributed by atoms with Gasteiger partial charge in [-0.1, -0.05) is 30.7 Å². The number of hydrogen-bond acceptors (Lipinski definition) is 4. The Bertz CT molecular complexity index is 1250. The highest BCUT2D eigenvalue weighted by Gasteiger charge is 2.25. The zero-order valence-corrected chi connectivity index (χ0v) is 19.3. The second kappa shape index (κ2) is 9.84. The van der Waals surface area contributed by atoms with Gasteiger partial charge < -0.3 is 5.32 Å². The maximum Gasteiger partial charge on any atom is 0.272 e. The summed E-state index contributed by atoms with van der Waals surface area (Å²) in [5.74, 6) is -0.793. The van der Waals surface area contributed by atoms with Crippen LogP contribution in [0.3, 0.4) is 0 Å². The molecule has 0 atom stereocenters. The van der Waals surface area contributed by atoms with Crippen molar-refractivity contribution in [1.29, 1.82) is 0 Å². The van der Waals surface area contributed by atoms with Crippen molar-refractivity contribution >= 4 is 15.9 Å². The van der Waals surface area contributed by atoms with Crippen LogP contribution in [0.1, 0.15) is 52.1 Å². The van der Waals surface area contributed by atoms with E-state index in [4.69, 9.17) is 0 Å². The van der Waals surface area contributed by atoms with Gasteiger partial charge in [0.1, 0.15) is 5.82 Å². The Kier molecular flexibility index (Phi) is 6.90. The van der Waals surface area contributed by atoms with Crippen molar-refractivity contribution in [1.82, 2.24) is 19.8 Å². The molecule has 1 aliphatic rings. The van der Waals surface area contributed by atoms with Gasteiger partial charge in [0, 0.05) is 17.8 Å². The second-order valence-corrected chi connectivity index (χ2v) is 10.1. The van der Waals surface area contributed by atoms with E-state index in [2.05, 4.69) is 15.1 Å². The van der Waals surface area contributed by atoms with Crippen molar-refractivity contribution in [3.63, 3.8) is 0 Å². The number of benzene rings is 2. The summed E-state index contributed by atoms with van der Waals surface area (Å²) in [4.78, 5) is 13.2. The van der Waals surface area contributed by atoms with E-state index in [-0.39, 0.29) is 24.0 Å². The van der Waals surface area contributed by atoms with Gasteiger partial charge >= 0.3 is 0 Å². The Morgan fingerprint density at radius 2 is 1.73 bits per heavy atom. The molecule has 0 saturated heterocycles. The molecule has 33 heavy (non-hydrogen) atoms. The van der Waals surface area contributed by atoms with Gasteiger partial charge in [0.05, 0.1) is 11.4 Å². The molecule has 1 amide bonds. The van der Waals surface area contributed by atoms with E-state index in [0.717, 1.165) is 54.6 Å². The molecule has 1 aromatic heterocycles. The molecule has 0 unspecified atom stereocenters. The number of nitrogens with zero attached hydrogens (tertiary/aromatic N) is 2. The van der Waals surface area contributed by atoms with E-state index in [9.17, 15) is 17.6 Å². The van der Waals surface area contributed by atoms with Gasteiger partial charge in [-0.15, -0.1) is 0 Å². The Morgan fingerprint density at radius 3 is 2.45 bits per heavy atom. The predicted molar refractivity (Wildman–Crippen MR) is 124 cm³/mol. The minimum Gasteiger partial charge on any atom is -0.347 e. The number of carbonyl (C=O) groups is 1. The normalized spacial score (nSPS) is 13.9. The van der Waals surface area contributed by atoms with Crippen molar-refractivity contribution in [2.24, 2.45) is 0 Å². The topological polar surface area (TPSA) is 93.1 Å². The van der Waals surface area contributed by atoms with Gasteiger partial charge in [-0.05, 0) is 68.1 Å². The molecular formula is C24H27FN4O3S. The molecule has 2 aromatic carbocycles. The molecule has 7 nitrogen and oxygen atoms in total. The van der Waals surface area contributed by atoms with E-state index < -0.39 is 10.0 Å². The first-order chi connectivity index (χ1) is 15.9. The van der Waals surface area contributed by atoms with Crippen molar-refractivity contribution in [3.05, 3.63) is 82.4 Å². The van der Waals surface area contributed by atoms with Crippen LogP contribution < -0.4 is 10.0 Å². The standard InChI is InChI=1S/C24H27FN4O3S/c1-26-33(31,32)16-18-8-6-5-7-17(18)15-27-24(30)23-21-9-3-2-4-10-22(21)29(28-23)20-13-11-19(25)12-14-20/h5-8,11-14,26H,2-4,9-10,15-16H2,1H3,(H,27,30). The second-order valence-electron chi connectivity index (χ2n) is 8.14. The fraction of sp³-hybridized carbons (Fsp3) is 0.333. The molecule has 0 aliphatic heterocycles. The average Bonchev–Trinajstić information content (AvgIpc) is 2.99. The average molecular weight is 471 g/mol. The number of nitrogens with one attached hydrogen (secondary N) is 2. The zero-order valence-electron chi connectivity index (χ0n) is 18.5. The molecule has 1 aliphatic carbocycles. The van der Waals surface area contributed by atoms with Crippen molar-refractivity contribution in [2.45, 2.75) is 44.4 Å². The van der Waals surface area contributed by atoms with Crippen LogP contribution in [0.15, 0.2) is 48.5 Å². The number of amides is 1. The number of rotatable bonds is 7. The molecule has 3 aromatic rings. The highest BCUT2D eigenvalue weighted by atomic mass is 32.2. The summed E-state index contributed by atoms with van der Waals surface area (Å²) in [7, 11) is -2.06. The lowest BCUT2D eigenvalue weighted by Crippen LogP contribution is -2.26. The first-order valence-corrected chi connectivity index (χ1v) is 12.7. The highest BCUT2D eigenvalue weighted by molar-refractivity contribution is 7.88. The highest BCUT2D eigenvalue weighted by Crippen LogP contribution is 2.26. The van der Waals surface area contributed by atoms with E-state index in [1.54, 1.807) is 35.0 Å². The number of halogens is 1. The van der Waals surface area contributed by atoms with Crippen molar-refractivity contribution in [3.8, 4) is 5.69 Å². The van der Waals surface area contributed by atoms with Crippen molar-refractivity contribution in [2.75, 3.05) is 7.05 Å². The first kappa shape index (κ1) is 23.1. The first-order valence-electron chi connectivity index (χ1n) is 11.0. The van der Waals surface area contributed by atoms with Gasteiger partial charge in [0.15, 0.2) is 5.69 Å². The third kappa shape index (κ3) is 5.31. The van der Waals surface area contributed by atoms with Crippen LogP contribution >= 0.6 is 0 Å². The largest absolute Gasteiger partial charge is 0.347 e. The van der Waals surface area contributed by atoms with Gasteiger partial charge in [0.2, 0.25) is 10.0 Å². The maximum atomic E-state index is 13.4. The van der Waals surface area contributed by atoms with Crippen LogP contribution in [0.5, 0.6) is 0 Å². The Morgan fingerprint density at radius 1 is 1.03 bits per heavy atom. The Labute approximate surface area is 193 Å². The Balaban J connectivity index is 1.60. The summed E-state index contributed by atoms with van der Waals surface area (Å²) >= 11 is 0. The van der Waals surface area contributed by atoms with Gasteiger partial charge in [-0.25, -0.2) is 22.2 Å². The number of carbonyl (C=O) groups excluding carboxylic acids is 1. The number of fused-ring (bicyclic) bond motifs is 1. The molecule has 1 heterocycles. The zero-order chi connectivity index (χ0) is 23.4. The lowest BCUT2D eigenvalue weighted by molar-refractivity contribution is 0.0944. The van der Waals surface area contributed by atoms with Crippen LogP contribution in [0.4, 0.5) is 4.39 Å². The number of aromatic nitrogens is 2. The summed E-state index contributed by atoms with van der Waals surface area (Å²) in [5.41, 5.74) is 4.37. The molecule has 0 saturated carbocycles. The Hall–Kier alpha value is -3.04. The van der Waals surface area contributed by atoms with E-state index >= 15 is 0 Å². The summed E-state index contributed by atoms with van der Waals surface area (Å²) in [6.07, 6.45) is 4.63. The van der Waals surface area contributed by atoms with E-state index in [1.165, 1.54) is 19.2 Å². The maximum absolute atomic E-state index is 13.4. The van der Waals surface area contributed by atoms with Gasteiger partial charge in [0.25, 0.3) is 5.91 Å². The van der Waals surface area contributed by atoms with E-state index in [1.807, 2.05) is 6.07 Å². The summed E-state index contributed by atoms with van der Waals surface area (Å²) in [6, 6.07) is 13.2.